The lowest BCUT2D eigenvalue weighted by Gasteiger charge is -2.10. The van der Waals surface area contributed by atoms with E-state index in [1.165, 1.54) is 6.07 Å². The van der Waals surface area contributed by atoms with Crippen molar-refractivity contribution in [1.82, 2.24) is 9.97 Å². The van der Waals surface area contributed by atoms with Crippen molar-refractivity contribution in [2.75, 3.05) is 5.32 Å². The molecule has 3 aromatic rings. The average Bonchev–Trinajstić information content (AvgIpc) is 2.81. The van der Waals surface area contributed by atoms with E-state index in [1.54, 1.807) is 18.2 Å². The first-order valence-electron chi connectivity index (χ1n) is 6.12. The second-order valence-corrected chi connectivity index (χ2v) is 5.41. The highest BCUT2D eigenvalue weighted by Gasteiger charge is 2.31. The standard InChI is InChI=1S/C14H8Cl2F3N3/c15-8-2-4-10-12(6-8)22-13(20-10)21-11-5-7(14(17,18)19)1-3-9(11)16/h1-6H,(H2,20,21,22). The summed E-state index contributed by atoms with van der Waals surface area (Å²) in [5.74, 6) is 0.276. The summed E-state index contributed by atoms with van der Waals surface area (Å²) < 4.78 is 38.2. The van der Waals surface area contributed by atoms with E-state index in [0.29, 0.717) is 16.1 Å². The summed E-state index contributed by atoms with van der Waals surface area (Å²) in [6.07, 6.45) is -4.44. The number of aromatic nitrogens is 2. The summed E-state index contributed by atoms with van der Waals surface area (Å²) in [6.45, 7) is 0. The lowest BCUT2D eigenvalue weighted by molar-refractivity contribution is -0.137. The van der Waals surface area contributed by atoms with Crippen molar-refractivity contribution in [1.29, 1.82) is 0 Å². The molecule has 0 saturated heterocycles. The minimum Gasteiger partial charge on any atom is -0.324 e. The van der Waals surface area contributed by atoms with Gasteiger partial charge < -0.3 is 10.3 Å². The van der Waals surface area contributed by atoms with Crippen molar-refractivity contribution in [3.8, 4) is 0 Å². The monoisotopic (exact) mass is 345 g/mol. The molecule has 0 saturated carbocycles. The zero-order valence-corrected chi connectivity index (χ0v) is 12.3. The number of nitrogens with zero attached hydrogens (tertiary/aromatic N) is 1. The first kappa shape index (κ1) is 15.0. The first-order chi connectivity index (χ1) is 10.3. The van der Waals surface area contributed by atoms with Crippen LogP contribution in [0, 0.1) is 0 Å². The predicted molar refractivity (Wildman–Crippen MR) is 80.8 cm³/mol. The van der Waals surface area contributed by atoms with Gasteiger partial charge in [0.2, 0.25) is 5.95 Å². The van der Waals surface area contributed by atoms with Gasteiger partial charge in [-0.3, -0.25) is 0 Å². The largest absolute Gasteiger partial charge is 0.416 e. The molecule has 0 fully saturated rings. The summed E-state index contributed by atoms with van der Waals surface area (Å²) >= 11 is 11.8. The average molecular weight is 346 g/mol. The van der Waals surface area contributed by atoms with Gasteiger partial charge in [-0.05, 0) is 36.4 Å². The van der Waals surface area contributed by atoms with E-state index in [0.717, 1.165) is 12.1 Å². The molecule has 3 nitrogen and oxygen atoms in total. The van der Waals surface area contributed by atoms with Crippen LogP contribution in [0.4, 0.5) is 24.8 Å². The van der Waals surface area contributed by atoms with Gasteiger partial charge in [0, 0.05) is 5.02 Å². The van der Waals surface area contributed by atoms with Crippen LogP contribution in [0.2, 0.25) is 10.0 Å². The Hall–Kier alpha value is -1.92. The Kier molecular flexibility index (Phi) is 3.66. The topological polar surface area (TPSA) is 40.7 Å². The molecule has 0 aliphatic rings. The smallest absolute Gasteiger partial charge is 0.324 e. The van der Waals surface area contributed by atoms with E-state index in [-0.39, 0.29) is 16.7 Å². The van der Waals surface area contributed by atoms with Gasteiger partial charge in [0.25, 0.3) is 0 Å². The van der Waals surface area contributed by atoms with E-state index in [2.05, 4.69) is 15.3 Å². The first-order valence-corrected chi connectivity index (χ1v) is 6.87. The van der Waals surface area contributed by atoms with Crippen molar-refractivity contribution in [2.45, 2.75) is 6.18 Å². The summed E-state index contributed by atoms with van der Waals surface area (Å²) in [5.41, 5.74) is 0.619. The summed E-state index contributed by atoms with van der Waals surface area (Å²) in [7, 11) is 0. The maximum Gasteiger partial charge on any atom is 0.416 e. The van der Waals surface area contributed by atoms with E-state index < -0.39 is 11.7 Å². The molecule has 1 aromatic heterocycles. The number of hydrogen-bond acceptors (Lipinski definition) is 2. The number of aromatic amines is 1. The van der Waals surface area contributed by atoms with Gasteiger partial charge in [0.1, 0.15) is 0 Å². The second-order valence-electron chi connectivity index (χ2n) is 4.56. The molecule has 0 spiro atoms. The molecule has 114 valence electrons. The molecule has 0 radical (unpaired) electrons. The van der Waals surface area contributed by atoms with Crippen LogP contribution in [0.15, 0.2) is 36.4 Å². The highest BCUT2D eigenvalue weighted by atomic mass is 35.5. The molecule has 0 unspecified atom stereocenters. The third kappa shape index (κ3) is 2.98. The summed E-state index contributed by atoms with van der Waals surface area (Å²) in [4.78, 5) is 7.14. The molecule has 2 N–H and O–H groups in total. The zero-order valence-electron chi connectivity index (χ0n) is 10.8. The third-order valence-corrected chi connectivity index (χ3v) is 3.56. The molecule has 1 heterocycles. The van der Waals surface area contributed by atoms with Crippen LogP contribution < -0.4 is 5.32 Å². The van der Waals surface area contributed by atoms with Gasteiger partial charge >= 0.3 is 6.18 Å². The van der Waals surface area contributed by atoms with Crippen molar-refractivity contribution in [2.24, 2.45) is 0 Å². The lowest BCUT2D eigenvalue weighted by Crippen LogP contribution is -2.05. The number of fused-ring (bicyclic) bond motifs is 1. The number of benzene rings is 2. The van der Waals surface area contributed by atoms with Gasteiger partial charge in [-0.1, -0.05) is 23.2 Å². The lowest BCUT2D eigenvalue weighted by atomic mass is 10.2. The van der Waals surface area contributed by atoms with Crippen molar-refractivity contribution in [3.05, 3.63) is 52.0 Å². The number of imidazole rings is 1. The number of rotatable bonds is 2. The van der Waals surface area contributed by atoms with Crippen LogP contribution in [0.5, 0.6) is 0 Å². The molecule has 2 aromatic carbocycles. The van der Waals surface area contributed by atoms with E-state index in [4.69, 9.17) is 23.2 Å². The van der Waals surface area contributed by atoms with E-state index in [1.807, 2.05) is 0 Å². The van der Waals surface area contributed by atoms with Crippen LogP contribution in [0.25, 0.3) is 11.0 Å². The molecule has 0 aliphatic heterocycles. The maximum absolute atomic E-state index is 12.7. The van der Waals surface area contributed by atoms with Gasteiger partial charge in [-0.2, -0.15) is 13.2 Å². The van der Waals surface area contributed by atoms with E-state index >= 15 is 0 Å². The van der Waals surface area contributed by atoms with Crippen molar-refractivity contribution in [3.63, 3.8) is 0 Å². The van der Waals surface area contributed by atoms with Crippen LogP contribution in [-0.4, -0.2) is 9.97 Å². The van der Waals surface area contributed by atoms with Gasteiger partial charge in [0.15, 0.2) is 0 Å². The zero-order chi connectivity index (χ0) is 15.9. The molecule has 0 amide bonds. The third-order valence-electron chi connectivity index (χ3n) is 2.99. The fraction of sp³-hybridized carbons (Fsp3) is 0.0714. The van der Waals surface area contributed by atoms with Gasteiger partial charge in [-0.15, -0.1) is 0 Å². The number of hydrogen-bond donors (Lipinski definition) is 2. The fourth-order valence-corrected chi connectivity index (χ4v) is 2.30. The van der Waals surface area contributed by atoms with Crippen LogP contribution >= 0.6 is 23.2 Å². The Morgan fingerprint density at radius 3 is 2.55 bits per heavy atom. The van der Waals surface area contributed by atoms with Crippen molar-refractivity contribution < 1.29 is 13.2 Å². The van der Waals surface area contributed by atoms with Gasteiger partial charge in [-0.25, -0.2) is 4.98 Å². The Bertz CT molecular complexity index is 843. The van der Waals surface area contributed by atoms with Crippen molar-refractivity contribution >= 4 is 45.9 Å². The Balaban J connectivity index is 1.97. The van der Waals surface area contributed by atoms with Crippen LogP contribution in [-0.2, 0) is 6.18 Å². The molecule has 0 atom stereocenters. The fourth-order valence-electron chi connectivity index (χ4n) is 1.97. The number of anilines is 2. The Labute approximate surface area is 133 Å². The molecule has 8 heteroatoms. The minimum atomic E-state index is -4.44. The number of nitrogens with one attached hydrogen (secondary N) is 2. The molecular weight excluding hydrogens is 338 g/mol. The molecule has 0 bridgehead atoms. The molecule has 0 aliphatic carbocycles. The number of alkyl halides is 3. The molecule has 22 heavy (non-hydrogen) atoms. The highest BCUT2D eigenvalue weighted by Crippen LogP contribution is 2.34. The van der Waals surface area contributed by atoms with Gasteiger partial charge in [0.05, 0.1) is 27.3 Å². The number of H-pyrrole nitrogens is 1. The van der Waals surface area contributed by atoms with Crippen LogP contribution in [0.3, 0.4) is 0 Å². The second kappa shape index (κ2) is 5.37. The maximum atomic E-state index is 12.7. The SMILES string of the molecule is FC(F)(F)c1ccc(Cl)c(Nc2nc3ccc(Cl)cc3[nH]2)c1. The predicted octanol–water partition coefficient (Wildman–Crippen LogP) is 5.63. The normalized spacial score (nSPS) is 11.9. The quantitative estimate of drug-likeness (QED) is 0.631. The van der Waals surface area contributed by atoms with E-state index in [9.17, 15) is 13.2 Å². The minimum absolute atomic E-state index is 0.113. The Morgan fingerprint density at radius 1 is 1.05 bits per heavy atom. The number of halogens is 5. The Morgan fingerprint density at radius 2 is 1.82 bits per heavy atom. The summed E-state index contributed by atoms with van der Waals surface area (Å²) in [6, 6.07) is 8.09. The highest BCUT2D eigenvalue weighted by molar-refractivity contribution is 6.33. The molecule has 3 rings (SSSR count). The molecular formula is C14H8Cl2F3N3. The van der Waals surface area contributed by atoms with Crippen LogP contribution in [0.1, 0.15) is 5.56 Å². The summed E-state index contributed by atoms with van der Waals surface area (Å²) in [5, 5.41) is 3.44.